The molecule has 0 radical (unpaired) electrons. The molecule has 0 saturated carbocycles. The highest BCUT2D eigenvalue weighted by molar-refractivity contribution is 5.74. The van der Waals surface area contributed by atoms with Gasteiger partial charge in [-0.05, 0) is 37.3 Å². The molecule has 2 amide bonds. The lowest BCUT2D eigenvalue weighted by atomic mass is 9.94. The number of allylic oxidation sites excluding steroid dienone is 1. The number of aliphatic hydroxyl groups excluding tert-OH is 1. The first-order valence-electron chi connectivity index (χ1n) is 8.06. The van der Waals surface area contributed by atoms with Crippen LogP contribution in [0.3, 0.4) is 0 Å². The number of hydrogen-bond donors (Lipinski definition) is 3. The number of carboxylic acid groups (broad SMARTS) is 1. The minimum atomic E-state index is -0.869. The first-order valence-corrected chi connectivity index (χ1v) is 8.06. The van der Waals surface area contributed by atoms with Gasteiger partial charge in [0, 0.05) is 31.0 Å². The smallest absolute Gasteiger partial charge is 0.314 e. The van der Waals surface area contributed by atoms with Gasteiger partial charge in [-0.15, -0.1) is 0 Å². The molecule has 2 heterocycles. The molecule has 24 heavy (non-hydrogen) atoms. The lowest BCUT2D eigenvalue weighted by Gasteiger charge is -2.16. The van der Waals surface area contributed by atoms with Gasteiger partial charge >= 0.3 is 12.0 Å². The van der Waals surface area contributed by atoms with Gasteiger partial charge in [0.2, 0.25) is 0 Å². The van der Waals surface area contributed by atoms with Crippen LogP contribution < -0.4 is 5.73 Å². The van der Waals surface area contributed by atoms with Crippen LogP contribution >= 0.6 is 0 Å². The second-order valence-electron chi connectivity index (χ2n) is 5.89. The largest absolute Gasteiger partial charge is 0.481 e. The summed E-state index contributed by atoms with van der Waals surface area (Å²) in [6.45, 7) is 1.71. The summed E-state index contributed by atoms with van der Waals surface area (Å²) in [5, 5.41) is 19.1. The molecule has 0 spiro atoms. The summed E-state index contributed by atoms with van der Waals surface area (Å²) in [5.41, 5.74) is 6.21. The molecule has 2 unspecified atom stereocenters. The Labute approximate surface area is 140 Å². The van der Waals surface area contributed by atoms with E-state index < -0.39 is 18.0 Å². The van der Waals surface area contributed by atoms with Gasteiger partial charge in [-0.3, -0.25) is 9.78 Å². The van der Waals surface area contributed by atoms with Crippen molar-refractivity contribution in [2.24, 2.45) is 11.7 Å². The number of urea groups is 1. The molecule has 1 aliphatic heterocycles. The Morgan fingerprint density at radius 1 is 1.33 bits per heavy atom. The number of carbonyl (C=O) groups is 2. The highest BCUT2D eigenvalue weighted by Gasteiger charge is 2.31. The van der Waals surface area contributed by atoms with Gasteiger partial charge in [0.25, 0.3) is 0 Å². The Morgan fingerprint density at radius 3 is 2.54 bits per heavy atom. The van der Waals surface area contributed by atoms with Crippen LogP contribution in [0.1, 0.15) is 37.4 Å². The number of likely N-dealkylation sites (tertiary alicyclic amines) is 1. The third kappa shape index (κ3) is 4.55. The zero-order valence-electron chi connectivity index (χ0n) is 13.5. The van der Waals surface area contributed by atoms with E-state index in [-0.39, 0.29) is 6.03 Å². The molecule has 7 nitrogen and oxygen atoms in total. The maximum absolute atomic E-state index is 11.0. The van der Waals surface area contributed by atoms with Crippen molar-refractivity contribution >= 4 is 12.0 Å². The molecule has 7 heteroatoms. The van der Waals surface area contributed by atoms with E-state index in [1.54, 1.807) is 29.4 Å². The van der Waals surface area contributed by atoms with Gasteiger partial charge in [0.1, 0.15) is 6.10 Å². The number of aliphatic hydroxyl groups is 1. The Balaban J connectivity index is 0.000000219. The van der Waals surface area contributed by atoms with Crippen molar-refractivity contribution in [1.29, 1.82) is 0 Å². The van der Waals surface area contributed by atoms with Crippen molar-refractivity contribution in [3.63, 3.8) is 0 Å². The Bertz CT molecular complexity index is 597. The van der Waals surface area contributed by atoms with Crippen molar-refractivity contribution in [2.75, 3.05) is 13.1 Å². The number of aromatic nitrogens is 1. The summed E-state index contributed by atoms with van der Waals surface area (Å²) in [5.74, 6) is -1.43. The minimum absolute atomic E-state index is 0.275. The first kappa shape index (κ1) is 17.9. The standard InChI is InChI=1S/C12H13NO3.C5H10N2O/c14-11(8-3-2-6-13-7-8)9-4-1-5-10(9)12(15)16;6-5(8)7-3-1-2-4-7/h2-4,6-7,10-11,14H,1,5H2,(H,15,16);1-4H2,(H2,6,8). The Kier molecular flexibility index (Phi) is 6.31. The Morgan fingerprint density at radius 2 is 2.04 bits per heavy atom. The van der Waals surface area contributed by atoms with Crippen LogP contribution in [-0.4, -0.2) is 45.2 Å². The average Bonchev–Trinajstić information content (AvgIpc) is 3.27. The van der Waals surface area contributed by atoms with E-state index in [9.17, 15) is 14.7 Å². The van der Waals surface area contributed by atoms with E-state index in [0.717, 1.165) is 25.9 Å². The van der Waals surface area contributed by atoms with Crippen LogP contribution in [0.5, 0.6) is 0 Å². The fourth-order valence-corrected chi connectivity index (χ4v) is 2.96. The molecule has 0 bridgehead atoms. The van der Waals surface area contributed by atoms with Crippen molar-refractivity contribution in [3.05, 3.63) is 41.7 Å². The summed E-state index contributed by atoms with van der Waals surface area (Å²) in [4.78, 5) is 26.9. The van der Waals surface area contributed by atoms with E-state index in [4.69, 9.17) is 10.8 Å². The SMILES string of the molecule is NC(=O)N1CCCC1.O=C(O)C1CCC=C1C(O)c1cccnc1. The van der Waals surface area contributed by atoms with Crippen LogP contribution in [-0.2, 0) is 4.79 Å². The normalized spacial score (nSPS) is 20.8. The average molecular weight is 333 g/mol. The number of nitrogens with two attached hydrogens (primary N) is 1. The first-order chi connectivity index (χ1) is 11.5. The van der Waals surface area contributed by atoms with Crippen LogP contribution in [0, 0.1) is 5.92 Å². The molecule has 130 valence electrons. The Hall–Kier alpha value is -2.41. The van der Waals surface area contributed by atoms with Gasteiger partial charge in [-0.2, -0.15) is 0 Å². The summed E-state index contributed by atoms with van der Waals surface area (Å²) in [7, 11) is 0. The third-order valence-electron chi connectivity index (χ3n) is 4.27. The number of primary amides is 1. The minimum Gasteiger partial charge on any atom is -0.481 e. The molecule has 1 fully saturated rings. The van der Waals surface area contributed by atoms with Crippen molar-refractivity contribution in [2.45, 2.75) is 31.8 Å². The molecule has 1 aliphatic carbocycles. The van der Waals surface area contributed by atoms with Crippen LogP contribution in [0.25, 0.3) is 0 Å². The van der Waals surface area contributed by atoms with Gasteiger partial charge in [0.05, 0.1) is 5.92 Å². The van der Waals surface area contributed by atoms with Crippen molar-refractivity contribution in [1.82, 2.24) is 9.88 Å². The number of hydrogen-bond acceptors (Lipinski definition) is 4. The predicted molar refractivity (Wildman–Crippen MR) is 88.0 cm³/mol. The van der Waals surface area contributed by atoms with E-state index in [1.165, 1.54) is 0 Å². The summed E-state index contributed by atoms with van der Waals surface area (Å²) < 4.78 is 0. The fraction of sp³-hybridized carbons (Fsp3) is 0.471. The lowest BCUT2D eigenvalue weighted by Crippen LogP contribution is -2.32. The van der Waals surface area contributed by atoms with Gasteiger partial charge in [-0.25, -0.2) is 4.79 Å². The summed E-state index contributed by atoms with van der Waals surface area (Å²) in [6, 6.07) is 3.20. The molecule has 3 rings (SSSR count). The van der Waals surface area contributed by atoms with E-state index in [1.807, 2.05) is 6.08 Å². The quantitative estimate of drug-likeness (QED) is 0.728. The van der Waals surface area contributed by atoms with Gasteiger partial charge in [0.15, 0.2) is 0 Å². The van der Waals surface area contributed by atoms with Crippen LogP contribution in [0.15, 0.2) is 36.2 Å². The second kappa shape index (κ2) is 8.44. The van der Waals surface area contributed by atoms with Crippen molar-refractivity contribution < 1.29 is 19.8 Å². The number of nitrogens with zero attached hydrogens (tertiary/aromatic N) is 2. The fourth-order valence-electron chi connectivity index (χ4n) is 2.96. The number of carboxylic acids is 1. The summed E-state index contributed by atoms with van der Waals surface area (Å²) >= 11 is 0. The van der Waals surface area contributed by atoms with Gasteiger partial charge < -0.3 is 20.8 Å². The number of pyridine rings is 1. The third-order valence-corrected chi connectivity index (χ3v) is 4.27. The highest BCUT2D eigenvalue weighted by atomic mass is 16.4. The number of aliphatic carboxylic acids is 1. The number of carbonyl (C=O) groups excluding carboxylic acids is 1. The lowest BCUT2D eigenvalue weighted by molar-refractivity contribution is -0.140. The molecule has 1 aromatic heterocycles. The molecular weight excluding hydrogens is 310 g/mol. The van der Waals surface area contributed by atoms with Crippen LogP contribution in [0.2, 0.25) is 0 Å². The summed E-state index contributed by atoms with van der Waals surface area (Å²) in [6.07, 6.45) is 7.65. The molecule has 2 atom stereocenters. The molecule has 0 aromatic carbocycles. The second-order valence-corrected chi connectivity index (χ2v) is 5.89. The van der Waals surface area contributed by atoms with E-state index in [2.05, 4.69) is 4.98 Å². The van der Waals surface area contributed by atoms with E-state index in [0.29, 0.717) is 24.0 Å². The molecule has 2 aliphatic rings. The highest BCUT2D eigenvalue weighted by Crippen LogP contribution is 2.35. The predicted octanol–water partition coefficient (Wildman–Crippen LogP) is 1.70. The molecule has 1 aromatic rings. The van der Waals surface area contributed by atoms with E-state index >= 15 is 0 Å². The maximum atomic E-state index is 11.0. The van der Waals surface area contributed by atoms with Gasteiger partial charge in [-0.1, -0.05) is 12.1 Å². The molecular formula is C17H23N3O4. The molecule has 1 saturated heterocycles. The molecule has 4 N–H and O–H groups in total. The monoisotopic (exact) mass is 333 g/mol. The number of rotatable bonds is 3. The zero-order valence-corrected chi connectivity index (χ0v) is 13.5. The maximum Gasteiger partial charge on any atom is 0.314 e. The topological polar surface area (TPSA) is 117 Å². The van der Waals surface area contributed by atoms with Crippen molar-refractivity contribution in [3.8, 4) is 0 Å². The number of amides is 2. The zero-order chi connectivity index (χ0) is 17.5. The van der Waals surface area contributed by atoms with Crippen LogP contribution in [0.4, 0.5) is 4.79 Å².